The van der Waals surface area contributed by atoms with E-state index in [2.05, 4.69) is 25.9 Å². The van der Waals surface area contributed by atoms with Crippen LogP contribution < -0.4 is 9.47 Å². The van der Waals surface area contributed by atoms with Gasteiger partial charge in [-0.2, -0.15) is 5.10 Å². The fourth-order valence-electron chi connectivity index (χ4n) is 4.57. The Morgan fingerprint density at radius 1 is 0.974 bits per heavy atom. The molecule has 0 bridgehead atoms. The number of aryl methyl sites for hydroxylation is 2. The monoisotopic (exact) mass is 566 g/mol. The van der Waals surface area contributed by atoms with E-state index in [0.717, 1.165) is 33.7 Å². The summed E-state index contributed by atoms with van der Waals surface area (Å²) in [6.45, 7) is 10.8. The highest BCUT2D eigenvalue weighted by molar-refractivity contribution is 6.37. The van der Waals surface area contributed by atoms with Crippen molar-refractivity contribution in [2.75, 3.05) is 6.61 Å². The van der Waals surface area contributed by atoms with Crippen LogP contribution in [0.15, 0.2) is 60.8 Å². The molecule has 0 aliphatic heterocycles. The predicted octanol–water partition coefficient (Wildman–Crippen LogP) is 8.38. The molecule has 0 saturated heterocycles. The third kappa shape index (κ3) is 6.40. The Hall–Kier alpha value is -3.48. The predicted molar refractivity (Wildman–Crippen MR) is 155 cm³/mol. The number of carboxylic acids is 1. The summed E-state index contributed by atoms with van der Waals surface area (Å²) in [6.07, 6.45) is 1.84. The number of carbonyl (C=O) groups is 1. The van der Waals surface area contributed by atoms with E-state index in [0.29, 0.717) is 28.1 Å². The molecule has 6 nitrogen and oxygen atoms in total. The molecule has 8 heteroatoms. The van der Waals surface area contributed by atoms with Crippen molar-refractivity contribution in [3.63, 3.8) is 0 Å². The van der Waals surface area contributed by atoms with Gasteiger partial charge in [-0.1, -0.05) is 62.2 Å². The highest BCUT2D eigenvalue weighted by Gasteiger charge is 2.20. The van der Waals surface area contributed by atoms with Gasteiger partial charge in [0.15, 0.2) is 0 Å². The molecule has 1 aromatic heterocycles. The maximum Gasteiger partial charge on any atom is 0.339 e. The minimum Gasteiger partial charge on any atom is -0.492 e. The van der Waals surface area contributed by atoms with Crippen LogP contribution in [0.3, 0.4) is 0 Å². The first kappa shape index (κ1) is 28.5. The third-order valence-electron chi connectivity index (χ3n) is 6.68. The molecule has 1 N–H and O–H groups in total. The van der Waals surface area contributed by atoms with Crippen LogP contribution >= 0.6 is 23.2 Å². The largest absolute Gasteiger partial charge is 0.492 e. The quantitative estimate of drug-likeness (QED) is 0.208. The van der Waals surface area contributed by atoms with Gasteiger partial charge in [0.1, 0.15) is 29.4 Å². The Bertz CT molecular complexity index is 1480. The van der Waals surface area contributed by atoms with Crippen LogP contribution in [0.2, 0.25) is 10.0 Å². The molecule has 3 aromatic carbocycles. The summed E-state index contributed by atoms with van der Waals surface area (Å²) in [7, 11) is 0. The van der Waals surface area contributed by atoms with Crippen molar-refractivity contribution in [1.82, 2.24) is 9.78 Å². The summed E-state index contributed by atoms with van der Waals surface area (Å²) < 4.78 is 13.9. The van der Waals surface area contributed by atoms with Crippen LogP contribution in [0.1, 0.15) is 70.9 Å². The zero-order valence-electron chi connectivity index (χ0n) is 22.7. The second-order valence-corrected chi connectivity index (χ2v) is 10.8. The van der Waals surface area contributed by atoms with Crippen LogP contribution in [0, 0.1) is 13.8 Å². The summed E-state index contributed by atoms with van der Waals surface area (Å²) in [5.74, 6) is 0.373. The number of aromatic carboxylic acids is 1. The van der Waals surface area contributed by atoms with Crippen LogP contribution in [0.5, 0.6) is 11.5 Å². The van der Waals surface area contributed by atoms with Crippen LogP contribution in [0.25, 0.3) is 5.69 Å². The molecule has 0 saturated carbocycles. The van der Waals surface area contributed by atoms with E-state index in [4.69, 9.17) is 32.7 Å². The average molecular weight is 568 g/mol. The van der Waals surface area contributed by atoms with E-state index in [-0.39, 0.29) is 24.0 Å². The fourth-order valence-corrected chi connectivity index (χ4v) is 5.13. The van der Waals surface area contributed by atoms with E-state index >= 15 is 0 Å². The summed E-state index contributed by atoms with van der Waals surface area (Å²) >= 11 is 13.0. The SMILES string of the molecule is Cc1ccc(C(=O)O)c(OCC(C)c2ccc(OCc3c(C(C)C)cnn3-c3c(Cl)cccc3Cl)cc2C)c1. The van der Waals surface area contributed by atoms with Gasteiger partial charge in [-0.15, -0.1) is 0 Å². The summed E-state index contributed by atoms with van der Waals surface area (Å²) in [6, 6.07) is 16.4. The minimum atomic E-state index is -1.01. The number of carboxylic acid groups (broad SMARTS) is 1. The standard InChI is InChI=1S/C31H32Cl2N2O4/c1-18(2)25-15-34-35(30-26(32)7-6-8-27(30)33)28(25)17-38-22-10-12-23(20(4)14-22)21(5)16-39-29-13-19(3)9-11-24(29)31(36)37/h6-15,18,21H,16-17H2,1-5H3,(H,36,37). The number of halogens is 2. The number of hydrogen-bond donors (Lipinski definition) is 1. The summed E-state index contributed by atoms with van der Waals surface area (Å²) in [5, 5.41) is 15.1. The van der Waals surface area contributed by atoms with Gasteiger partial charge < -0.3 is 14.6 Å². The second kappa shape index (κ2) is 12.1. The fraction of sp³-hybridized carbons (Fsp3) is 0.290. The molecule has 204 valence electrons. The highest BCUT2D eigenvalue weighted by Crippen LogP contribution is 2.33. The van der Waals surface area contributed by atoms with Crippen molar-refractivity contribution in [2.24, 2.45) is 0 Å². The molecular weight excluding hydrogens is 535 g/mol. The lowest BCUT2D eigenvalue weighted by atomic mass is 9.97. The first-order valence-electron chi connectivity index (χ1n) is 12.8. The number of hydrogen-bond acceptors (Lipinski definition) is 4. The van der Waals surface area contributed by atoms with E-state index in [1.54, 1.807) is 41.1 Å². The van der Waals surface area contributed by atoms with E-state index < -0.39 is 5.97 Å². The van der Waals surface area contributed by atoms with Crippen LogP contribution in [-0.2, 0) is 6.61 Å². The number of para-hydroxylation sites is 1. The highest BCUT2D eigenvalue weighted by atomic mass is 35.5. The molecule has 0 radical (unpaired) electrons. The van der Waals surface area contributed by atoms with E-state index in [9.17, 15) is 9.90 Å². The van der Waals surface area contributed by atoms with Gasteiger partial charge >= 0.3 is 5.97 Å². The summed E-state index contributed by atoms with van der Waals surface area (Å²) in [5.41, 5.74) is 5.83. The lowest BCUT2D eigenvalue weighted by Crippen LogP contribution is -2.11. The second-order valence-electron chi connectivity index (χ2n) is 10.0. The molecule has 0 fully saturated rings. The Morgan fingerprint density at radius 3 is 2.33 bits per heavy atom. The van der Waals surface area contributed by atoms with Crippen molar-refractivity contribution in [2.45, 2.75) is 53.1 Å². The van der Waals surface area contributed by atoms with Crippen LogP contribution in [0.4, 0.5) is 0 Å². The Morgan fingerprint density at radius 2 is 1.69 bits per heavy atom. The van der Waals surface area contributed by atoms with Gasteiger partial charge in [0.2, 0.25) is 0 Å². The third-order valence-corrected chi connectivity index (χ3v) is 7.29. The molecule has 4 aromatic rings. The van der Waals surface area contributed by atoms with Gasteiger partial charge in [0, 0.05) is 5.92 Å². The average Bonchev–Trinajstić information content (AvgIpc) is 3.29. The van der Waals surface area contributed by atoms with Crippen LogP contribution in [-0.4, -0.2) is 27.5 Å². The minimum absolute atomic E-state index is 0.0394. The zero-order chi connectivity index (χ0) is 28.3. The van der Waals surface area contributed by atoms with Gasteiger partial charge in [0.25, 0.3) is 0 Å². The van der Waals surface area contributed by atoms with Crippen molar-refractivity contribution >= 4 is 29.2 Å². The topological polar surface area (TPSA) is 73.6 Å². The number of rotatable bonds is 10. The van der Waals surface area contributed by atoms with Gasteiger partial charge in [-0.05, 0) is 78.4 Å². The lowest BCUT2D eigenvalue weighted by Gasteiger charge is -2.18. The van der Waals surface area contributed by atoms with Gasteiger partial charge in [-0.25, -0.2) is 9.48 Å². The van der Waals surface area contributed by atoms with E-state index in [1.807, 2.05) is 38.2 Å². The maximum absolute atomic E-state index is 11.6. The molecule has 1 heterocycles. The normalized spacial score (nSPS) is 12.0. The molecule has 39 heavy (non-hydrogen) atoms. The van der Waals surface area contributed by atoms with Crippen molar-refractivity contribution in [3.8, 4) is 17.2 Å². The molecule has 0 aliphatic rings. The van der Waals surface area contributed by atoms with Gasteiger partial charge in [0.05, 0.1) is 28.5 Å². The maximum atomic E-state index is 11.6. The molecule has 0 aliphatic carbocycles. The first-order valence-corrected chi connectivity index (χ1v) is 13.5. The number of benzene rings is 3. The van der Waals surface area contributed by atoms with E-state index in [1.165, 1.54) is 0 Å². The molecule has 0 amide bonds. The molecule has 1 unspecified atom stereocenters. The molecule has 0 spiro atoms. The van der Waals surface area contributed by atoms with Crippen molar-refractivity contribution in [1.29, 1.82) is 0 Å². The Labute approximate surface area is 239 Å². The first-order chi connectivity index (χ1) is 18.6. The molecule has 1 atom stereocenters. The number of aromatic nitrogens is 2. The van der Waals surface area contributed by atoms with Crippen molar-refractivity contribution < 1.29 is 19.4 Å². The number of nitrogens with zero attached hydrogens (tertiary/aromatic N) is 2. The molecular formula is C31H32Cl2N2O4. The lowest BCUT2D eigenvalue weighted by molar-refractivity contribution is 0.0692. The number of ether oxygens (including phenoxy) is 2. The Balaban J connectivity index is 1.50. The zero-order valence-corrected chi connectivity index (χ0v) is 24.2. The molecule has 4 rings (SSSR count). The summed E-state index contributed by atoms with van der Waals surface area (Å²) in [4.78, 5) is 11.6. The van der Waals surface area contributed by atoms with Crippen molar-refractivity contribution in [3.05, 3.63) is 104 Å². The Kier molecular flexibility index (Phi) is 8.88. The smallest absolute Gasteiger partial charge is 0.339 e. The van der Waals surface area contributed by atoms with Gasteiger partial charge in [-0.3, -0.25) is 0 Å².